The zero-order valence-electron chi connectivity index (χ0n) is 16.1. The summed E-state index contributed by atoms with van der Waals surface area (Å²) in [7, 11) is -3.87. The van der Waals surface area contributed by atoms with Gasteiger partial charge in [0.05, 0.1) is 16.0 Å². The predicted molar refractivity (Wildman–Crippen MR) is 107 cm³/mol. The number of imide groups is 1. The molecule has 0 atom stereocenters. The number of carbonyl (C=O) groups excluding carboxylic acids is 3. The summed E-state index contributed by atoms with van der Waals surface area (Å²) in [4.78, 5) is 37.8. The second kappa shape index (κ2) is 8.57. The number of rotatable bonds is 8. The summed E-state index contributed by atoms with van der Waals surface area (Å²) in [6.45, 7) is 2.12. The molecule has 2 aromatic rings. The molecule has 0 unspecified atom stereocenters. The van der Waals surface area contributed by atoms with Gasteiger partial charge in [-0.05, 0) is 44.0 Å². The van der Waals surface area contributed by atoms with Crippen molar-refractivity contribution >= 4 is 27.7 Å². The normalized spacial score (nSPS) is 13.5. The highest BCUT2D eigenvalue weighted by Crippen LogP contribution is 2.22. The number of nitrogens with one attached hydrogen (secondary N) is 1. The van der Waals surface area contributed by atoms with Gasteiger partial charge in [-0.2, -0.15) is 0 Å². The maximum Gasteiger partial charge on any atom is 0.264 e. The van der Waals surface area contributed by atoms with Crippen LogP contribution in [0.2, 0.25) is 0 Å². The Morgan fingerprint density at radius 3 is 2.07 bits per heavy atom. The van der Waals surface area contributed by atoms with Crippen LogP contribution >= 0.6 is 0 Å². The summed E-state index contributed by atoms with van der Waals surface area (Å²) in [6, 6.07) is 12.9. The van der Waals surface area contributed by atoms with Gasteiger partial charge in [-0.1, -0.05) is 36.2 Å². The minimum atomic E-state index is -3.87. The third kappa shape index (κ3) is 4.71. The maximum absolute atomic E-state index is 12.3. The Hall–Kier alpha value is -3.00. The van der Waals surface area contributed by atoms with Crippen molar-refractivity contribution in [1.82, 2.24) is 9.62 Å². The molecule has 2 aromatic carbocycles. The molecule has 0 saturated heterocycles. The van der Waals surface area contributed by atoms with Crippen LogP contribution in [0.15, 0.2) is 53.4 Å². The number of amides is 3. The van der Waals surface area contributed by atoms with Gasteiger partial charge in [0.2, 0.25) is 5.91 Å². The Labute approximate surface area is 169 Å². The van der Waals surface area contributed by atoms with Crippen LogP contribution in [0.25, 0.3) is 0 Å². The van der Waals surface area contributed by atoms with E-state index in [0.717, 1.165) is 5.56 Å². The summed E-state index contributed by atoms with van der Waals surface area (Å²) >= 11 is 0. The molecule has 0 radical (unpaired) electrons. The minimum Gasteiger partial charge on any atom is -0.274 e. The largest absolute Gasteiger partial charge is 0.274 e. The fourth-order valence-electron chi connectivity index (χ4n) is 3.15. The molecule has 0 saturated carbocycles. The zero-order chi connectivity index (χ0) is 21.0. The second-order valence-corrected chi connectivity index (χ2v) is 8.64. The number of fused-ring (bicyclic) bond motifs is 1. The molecule has 3 rings (SSSR count). The molecule has 1 aliphatic heterocycles. The number of hydrogen-bond donors (Lipinski definition) is 1. The topological polar surface area (TPSA) is 101 Å². The molecule has 1 N–H and O–H groups in total. The van der Waals surface area contributed by atoms with E-state index in [1.807, 2.05) is 6.92 Å². The van der Waals surface area contributed by atoms with Gasteiger partial charge < -0.3 is 0 Å². The molecular weight excluding hydrogens is 392 g/mol. The molecule has 3 amide bonds. The Kier molecular flexibility index (Phi) is 6.12. The third-order valence-electron chi connectivity index (χ3n) is 4.74. The lowest BCUT2D eigenvalue weighted by atomic mass is 10.1. The van der Waals surface area contributed by atoms with Gasteiger partial charge in [-0.15, -0.1) is 0 Å². The molecule has 0 fully saturated rings. The van der Waals surface area contributed by atoms with Crippen LogP contribution < -0.4 is 4.72 Å². The number of unbranched alkanes of at least 4 members (excludes halogenated alkanes) is 2. The molecule has 152 valence electrons. The Morgan fingerprint density at radius 2 is 1.48 bits per heavy atom. The first-order chi connectivity index (χ1) is 13.8. The van der Waals surface area contributed by atoms with Crippen LogP contribution in [0.1, 0.15) is 52.0 Å². The second-order valence-electron chi connectivity index (χ2n) is 6.96. The monoisotopic (exact) mass is 414 g/mol. The number of carbonyl (C=O) groups is 3. The zero-order valence-corrected chi connectivity index (χ0v) is 16.9. The summed E-state index contributed by atoms with van der Waals surface area (Å²) in [5.74, 6) is -1.17. The van der Waals surface area contributed by atoms with Crippen LogP contribution in [0.4, 0.5) is 0 Å². The van der Waals surface area contributed by atoms with E-state index in [-0.39, 0.29) is 29.7 Å². The lowest BCUT2D eigenvalue weighted by molar-refractivity contribution is -0.119. The first-order valence-electron chi connectivity index (χ1n) is 9.37. The Bertz CT molecular complexity index is 1010. The fraction of sp³-hybridized carbons (Fsp3) is 0.286. The molecule has 0 aromatic heterocycles. The first kappa shape index (κ1) is 20.7. The van der Waals surface area contributed by atoms with Crippen LogP contribution in [0.3, 0.4) is 0 Å². The number of hydrogen-bond acceptors (Lipinski definition) is 5. The van der Waals surface area contributed by atoms with Crippen molar-refractivity contribution in [3.05, 3.63) is 65.2 Å². The van der Waals surface area contributed by atoms with Gasteiger partial charge in [-0.3, -0.25) is 19.3 Å². The number of nitrogens with zero attached hydrogens (tertiary/aromatic N) is 1. The SMILES string of the molecule is Cc1ccc(S(=O)(=O)NC(=O)CCCCCN2C(=O)c3ccccc3C2=O)cc1. The fourth-order valence-corrected chi connectivity index (χ4v) is 4.17. The highest BCUT2D eigenvalue weighted by molar-refractivity contribution is 7.90. The van der Waals surface area contributed by atoms with Crippen molar-refractivity contribution in [2.45, 2.75) is 37.5 Å². The number of benzene rings is 2. The van der Waals surface area contributed by atoms with E-state index in [1.54, 1.807) is 36.4 Å². The van der Waals surface area contributed by atoms with Gasteiger partial charge in [0.25, 0.3) is 21.8 Å². The maximum atomic E-state index is 12.3. The van der Waals surface area contributed by atoms with Crippen LogP contribution in [0, 0.1) is 6.92 Å². The molecule has 7 nitrogen and oxygen atoms in total. The molecule has 0 spiro atoms. The molecule has 8 heteroatoms. The van der Waals surface area contributed by atoms with Gasteiger partial charge >= 0.3 is 0 Å². The van der Waals surface area contributed by atoms with Gasteiger partial charge in [0.1, 0.15) is 0 Å². The van der Waals surface area contributed by atoms with Crippen molar-refractivity contribution in [2.75, 3.05) is 6.54 Å². The lowest BCUT2D eigenvalue weighted by Gasteiger charge is -2.13. The summed E-state index contributed by atoms with van der Waals surface area (Å²) < 4.78 is 26.4. The van der Waals surface area contributed by atoms with E-state index in [9.17, 15) is 22.8 Å². The van der Waals surface area contributed by atoms with Crippen LogP contribution in [-0.4, -0.2) is 37.6 Å². The highest BCUT2D eigenvalue weighted by atomic mass is 32.2. The lowest BCUT2D eigenvalue weighted by Crippen LogP contribution is -2.31. The minimum absolute atomic E-state index is 0.0436. The van der Waals surface area contributed by atoms with Gasteiger partial charge in [0.15, 0.2) is 0 Å². The van der Waals surface area contributed by atoms with Crippen LogP contribution in [-0.2, 0) is 14.8 Å². The quantitative estimate of drug-likeness (QED) is 0.529. The van der Waals surface area contributed by atoms with Crippen LogP contribution in [0.5, 0.6) is 0 Å². The summed E-state index contributed by atoms with van der Waals surface area (Å²) in [6.07, 6.45) is 1.64. The summed E-state index contributed by atoms with van der Waals surface area (Å²) in [5, 5.41) is 0. The molecule has 0 aliphatic carbocycles. The van der Waals surface area contributed by atoms with Crippen molar-refractivity contribution in [3.8, 4) is 0 Å². The highest BCUT2D eigenvalue weighted by Gasteiger charge is 2.34. The van der Waals surface area contributed by atoms with E-state index >= 15 is 0 Å². The van der Waals surface area contributed by atoms with Crippen molar-refractivity contribution in [1.29, 1.82) is 0 Å². The van der Waals surface area contributed by atoms with E-state index in [2.05, 4.69) is 4.72 Å². The van der Waals surface area contributed by atoms with Gasteiger partial charge in [-0.25, -0.2) is 13.1 Å². The number of sulfonamides is 1. The van der Waals surface area contributed by atoms with E-state index in [4.69, 9.17) is 0 Å². The Balaban J connectivity index is 1.42. The van der Waals surface area contributed by atoms with Crippen molar-refractivity contribution < 1.29 is 22.8 Å². The Morgan fingerprint density at radius 1 is 0.897 bits per heavy atom. The standard InChI is InChI=1S/C21H22N2O5S/c1-15-10-12-16(13-11-15)29(27,28)22-19(24)9-3-2-6-14-23-20(25)17-7-4-5-8-18(17)21(23)26/h4-5,7-8,10-13H,2-3,6,9,14H2,1H3,(H,22,24). The average Bonchev–Trinajstić information content (AvgIpc) is 2.92. The van der Waals surface area contributed by atoms with E-state index in [0.29, 0.717) is 30.4 Å². The first-order valence-corrected chi connectivity index (χ1v) is 10.9. The van der Waals surface area contributed by atoms with Gasteiger partial charge in [0, 0.05) is 13.0 Å². The molecule has 1 aliphatic rings. The predicted octanol–water partition coefficient (Wildman–Crippen LogP) is 2.66. The van der Waals surface area contributed by atoms with Crippen molar-refractivity contribution in [2.24, 2.45) is 0 Å². The average molecular weight is 414 g/mol. The smallest absolute Gasteiger partial charge is 0.264 e. The van der Waals surface area contributed by atoms with E-state index in [1.165, 1.54) is 17.0 Å². The van der Waals surface area contributed by atoms with E-state index < -0.39 is 15.9 Å². The molecule has 0 bridgehead atoms. The molecule has 29 heavy (non-hydrogen) atoms. The third-order valence-corrected chi connectivity index (χ3v) is 6.13. The molecular formula is C21H22N2O5S. The summed E-state index contributed by atoms with van der Waals surface area (Å²) in [5.41, 5.74) is 1.75. The van der Waals surface area contributed by atoms with Crippen molar-refractivity contribution in [3.63, 3.8) is 0 Å². The molecule has 1 heterocycles. The number of aryl methyl sites for hydroxylation is 1.